The van der Waals surface area contributed by atoms with Crippen LogP contribution in [0.15, 0.2) is 0 Å². The van der Waals surface area contributed by atoms with Crippen molar-refractivity contribution >= 4 is 12.1 Å². The summed E-state index contributed by atoms with van der Waals surface area (Å²) in [5.74, 6) is -1.06. The maximum Gasteiger partial charge on any atom is 0.410 e. The molecule has 1 saturated heterocycles. The zero-order valence-corrected chi connectivity index (χ0v) is 10.8. The number of carboxylic acid groups (broad SMARTS) is 1. The van der Waals surface area contributed by atoms with Crippen molar-refractivity contribution in [3.63, 3.8) is 0 Å². The molecule has 6 heteroatoms. The van der Waals surface area contributed by atoms with Crippen LogP contribution >= 0.6 is 0 Å². The summed E-state index contributed by atoms with van der Waals surface area (Å²) in [5, 5.41) is 9.08. The van der Waals surface area contributed by atoms with Crippen LogP contribution in [-0.2, 0) is 14.3 Å². The van der Waals surface area contributed by atoms with E-state index in [0.29, 0.717) is 0 Å². The molecule has 1 fully saturated rings. The van der Waals surface area contributed by atoms with Crippen molar-refractivity contribution in [2.45, 2.75) is 44.9 Å². The standard InChI is InChI=1S/C11H19NO5/c1-7-11(16-5,8(13)14)6-12(7)9(15)17-10(2,3)4/h7H,6H2,1-5H3,(H,13,14)/t7-,11?/m1/s1. The van der Waals surface area contributed by atoms with E-state index in [0.717, 1.165) is 0 Å². The van der Waals surface area contributed by atoms with Gasteiger partial charge in [-0.2, -0.15) is 0 Å². The van der Waals surface area contributed by atoms with Gasteiger partial charge in [-0.1, -0.05) is 0 Å². The number of hydrogen-bond acceptors (Lipinski definition) is 4. The van der Waals surface area contributed by atoms with Crippen LogP contribution in [0.25, 0.3) is 0 Å². The Morgan fingerprint density at radius 1 is 1.41 bits per heavy atom. The molecule has 0 spiro atoms. The first-order valence-corrected chi connectivity index (χ1v) is 5.42. The lowest BCUT2D eigenvalue weighted by atomic mass is 9.84. The molecule has 0 aromatic heterocycles. The first-order valence-electron chi connectivity index (χ1n) is 5.42. The topological polar surface area (TPSA) is 76.1 Å². The van der Waals surface area contributed by atoms with Crippen molar-refractivity contribution in [1.82, 2.24) is 4.90 Å². The third-order valence-corrected chi connectivity index (χ3v) is 2.90. The summed E-state index contributed by atoms with van der Waals surface area (Å²) >= 11 is 0. The van der Waals surface area contributed by atoms with Gasteiger partial charge >= 0.3 is 12.1 Å². The van der Waals surface area contributed by atoms with Crippen molar-refractivity contribution < 1.29 is 24.2 Å². The predicted octanol–water partition coefficient (Wildman–Crippen LogP) is 1.10. The molecule has 0 aliphatic carbocycles. The van der Waals surface area contributed by atoms with Crippen LogP contribution in [0.4, 0.5) is 4.79 Å². The van der Waals surface area contributed by atoms with Crippen LogP contribution in [-0.4, -0.2) is 53.0 Å². The van der Waals surface area contributed by atoms with Crippen molar-refractivity contribution in [3.05, 3.63) is 0 Å². The van der Waals surface area contributed by atoms with Crippen molar-refractivity contribution in [1.29, 1.82) is 0 Å². The van der Waals surface area contributed by atoms with Gasteiger partial charge in [-0.25, -0.2) is 9.59 Å². The van der Waals surface area contributed by atoms with E-state index < -0.39 is 29.3 Å². The smallest absolute Gasteiger partial charge is 0.410 e. The molecular formula is C11H19NO5. The van der Waals surface area contributed by atoms with E-state index in [4.69, 9.17) is 14.6 Å². The van der Waals surface area contributed by atoms with E-state index in [-0.39, 0.29) is 6.54 Å². The maximum atomic E-state index is 11.7. The van der Waals surface area contributed by atoms with Crippen LogP contribution in [0, 0.1) is 0 Å². The third kappa shape index (κ3) is 2.36. The Balaban J connectivity index is 2.69. The van der Waals surface area contributed by atoms with Gasteiger partial charge in [0.05, 0.1) is 12.6 Å². The normalized spacial score (nSPS) is 28.5. The van der Waals surface area contributed by atoms with E-state index in [1.54, 1.807) is 27.7 Å². The van der Waals surface area contributed by atoms with E-state index in [2.05, 4.69) is 0 Å². The lowest BCUT2D eigenvalue weighted by molar-refractivity contribution is -0.196. The van der Waals surface area contributed by atoms with Gasteiger partial charge in [0.25, 0.3) is 0 Å². The Morgan fingerprint density at radius 3 is 2.24 bits per heavy atom. The van der Waals surface area contributed by atoms with Crippen LogP contribution in [0.1, 0.15) is 27.7 Å². The number of likely N-dealkylation sites (tertiary alicyclic amines) is 1. The quantitative estimate of drug-likeness (QED) is 0.788. The molecule has 1 amide bonds. The highest BCUT2D eigenvalue weighted by molar-refractivity contribution is 5.84. The second-order valence-corrected chi connectivity index (χ2v) is 5.18. The highest BCUT2D eigenvalue weighted by atomic mass is 16.6. The number of carbonyl (C=O) groups excluding carboxylic acids is 1. The molecule has 1 aliphatic rings. The van der Waals surface area contributed by atoms with E-state index in [9.17, 15) is 9.59 Å². The zero-order valence-electron chi connectivity index (χ0n) is 10.8. The number of ether oxygens (including phenoxy) is 2. The lowest BCUT2D eigenvalue weighted by Gasteiger charge is -2.51. The summed E-state index contributed by atoms with van der Waals surface area (Å²) < 4.78 is 10.2. The maximum absolute atomic E-state index is 11.7. The van der Waals surface area contributed by atoms with Gasteiger partial charge in [-0.3, -0.25) is 4.90 Å². The fourth-order valence-electron chi connectivity index (χ4n) is 1.77. The largest absolute Gasteiger partial charge is 0.479 e. The molecule has 0 bridgehead atoms. The summed E-state index contributed by atoms with van der Waals surface area (Å²) in [4.78, 5) is 24.2. The Morgan fingerprint density at radius 2 is 1.94 bits per heavy atom. The number of aliphatic carboxylic acids is 1. The minimum atomic E-state index is -1.31. The summed E-state index contributed by atoms with van der Waals surface area (Å²) in [5.41, 5.74) is -1.90. The molecule has 1 unspecified atom stereocenters. The number of nitrogens with zero attached hydrogens (tertiary/aromatic N) is 1. The van der Waals surface area contributed by atoms with Gasteiger partial charge in [0.15, 0.2) is 0 Å². The van der Waals surface area contributed by atoms with Crippen LogP contribution in [0.5, 0.6) is 0 Å². The molecule has 0 aromatic carbocycles. The number of rotatable bonds is 2. The predicted molar refractivity (Wildman–Crippen MR) is 59.8 cm³/mol. The minimum absolute atomic E-state index is 0.00884. The number of methoxy groups -OCH3 is 1. The highest BCUT2D eigenvalue weighted by Gasteiger charge is 2.59. The molecular weight excluding hydrogens is 226 g/mol. The number of carboxylic acids is 1. The average molecular weight is 245 g/mol. The molecule has 1 N–H and O–H groups in total. The Bertz CT molecular complexity index is 335. The Labute approximate surface area is 100 Å². The molecule has 2 atom stereocenters. The SMILES string of the molecule is COC1(C(=O)O)CN(C(=O)OC(C)(C)C)[C@@H]1C. The van der Waals surface area contributed by atoms with Crippen molar-refractivity contribution in [2.24, 2.45) is 0 Å². The monoisotopic (exact) mass is 245 g/mol. The molecule has 1 rings (SSSR count). The zero-order chi connectivity index (χ0) is 13.4. The fourth-order valence-corrected chi connectivity index (χ4v) is 1.77. The molecule has 17 heavy (non-hydrogen) atoms. The van der Waals surface area contributed by atoms with Gasteiger partial charge < -0.3 is 14.6 Å². The van der Waals surface area contributed by atoms with Crippen molar-refractivity contribution in [2.75, 3.05) is 13.7 Å². The van der Waals surface area contributed by atoms with E-state index in [1.165, 1.54) is 12.0 Å². The number of carbonyl (C=O) groups is 2. The van der Waals surface area contributed by atoms with E-state index >= 15 is 0 Å². The summed E-state index contributed by atoms with van der Waals surface area (Å²) in [6, 6.07) is -0.542. The fraction of sp³-hybridized carbons (Fsp3) is 0.818. The van der Waals surface area contributed by atoms with Gasteiger partial charge in [0, 0.05) is 7.11 Å². The van der Waals surface area contributed by atoms with Gasteiger partial charge in [-0.15, -0.1) is 0 Å². The average Bonchev–Trinajstić information content (AvgIpc) is 2.13. The molecule has 98 valence electrons. The van der Waals surface area contributed by atoms with E-state index in [1.807, 2.05) is 0 Å². The highest BCUT2D eigenvalue weighted by Crippen LogP contribution is 2.33. The molecule has 6 nitrogen and oxygen atoms in total. The Hall–Kier alpha value is -1.30. The second kappa shape index (κ2) is 4.18. The number of amides is 1. The third-order valence-electron chi connectivity index (χ3n) is 2.90. The first-order chi connectivity index (χ1) is 7.64. The molecule has 0 aromatic rings. The van der Waals surface area contributed by atoms with Crippen molar-refractivity contribution in [3.8, 4) is 0 Å². The molecule has 1 heterocycles. The second-order valence-electron chi connectivity index (χ2n) is 5.18. The molecule has 0 radical (unpaired) electrons. The van der Waals surface area contributed by atoms with Gasteiger partial charge in [-0.05, 0) is 27.7 Å². The summed E-state index contributed by atoms with van der Waals surface area (Å²) in [6.07, 6.45) is -0.515. The number of hydrogen-bond donors (Lipinski definition) is 1. The minimum Gasteiger partial charge on any atom is -0.479 e. The van der Waals surface area contributed by atoms with Gasteiger partial charge in [0.1, 0.15) is 5.60 Å². The molecule has 0 saturated carbocycles. The summed E-state index contributed by atoms with van der Waals surface area (Å²) in [6.45, 7) is 6.92. The van der Waals surface area contributed by atoms with Crippen LogP contribution in [0.2, 0.25) is 0 Å². The molecule has 1 aliphatic heterocycles. The van der Waals surface area contributed by atoms with Crippen LogP contribution in [0.3, 0.4) is 0 Å². The van der Waals surface area contributed by atoms with Crippen LogP contribution < -0.4 is 0 Å². The first kappa shape index (κ1) is 13.8. The Kier molecular flexibility index (Phi) is 3.38. The summed E-state index contributed by atoms with van der Waals surface area (Å²) in [7, 11) is 1.33. The lowest BCUT2D eigenvalue weighted by Crippen LogP contribution is -2.74. The van der Waals surface area contributed by atoms with Gasteiger partial charge in [0.2, 0.25) is 5.60 Å².